The highest BCUT2D eigenvalue weighted by atomic mass is 32.2. The molecule has 0 N–H and O–H groups in total. The van der Waals surface area contributed by atoms with E-state index in [0.29, 0.717) is 30.0 Å². The molecule has 0 saturated carbocycles. The Hall–Kier alpha value is -3.08. The van der Waals surface area contributed by atoms with Crippen LogP contribution >= 0.6 is 0 Å². The number of aromatic nitrogens is 2. The zero-order valence-corrected chi connectivity index (χ0v) is 21.0. The van der Waals surface area contributed by atoms with Crippen LogP contribution in [0.15, 0.2) is 66.0 Å². The zero-order chi connectivity index (χ0) is 25.5. The van der Waals surface area contributed by atoms with Gasteiger partial charge in [-0.05, 0) is 42.7 Å². The molecule has 0 bridgehead atoms. The van der Waals surface area contributed by atoms with Crippen molar-refractivity contribution in [2.45, 2.75) is 42.9 Å². The number of rotatable bonds is 11. The number of imidazole rings is 1. The lowest BCUT2D eigenvalue weighted by Gasteiger charge is -2.26. The van der Waals surface area contributed by atoms with Gasteiger partial charge < -0.3 is 18.9 Å². The zero-order valence-electron chi connectivity index (χ0n) is 20.2. The molecule has 1 fully saturated rings. The summed E-state index contributed by atoms with van der Waals surface area (Å²) in [6.07, 6.45) is 3.11. The van der Waals surface area contributed by atoms with Crippen LogP contribution < -0.4 is 0 Å². The largest absolute Gasteiger partial charge is 0.383 e. The average Bonchev–Trinajstić information content (AvgIpc) is 3.53. The van der Waals surface area contributed by atoms with Gasteiger partial charge in [-0.2, -0.15) is 0 Å². The fourth-order valence-electron chi connectivity index (χ4n) is 4.27. The molecule has 0 unspecified atom stereocenters. The molecule has 1 aliphatic heterocycles. The highest BCUT2D eigenvalue weighted by molar-refractivity contribution is 7.90. The van der Waals surface area contributed by atoms with Crippen molar-refractivity contribution < 1.29 is 27.1 Å². The Morgan fingerprint density at radius 2 is 1.94 bits per heavy atom. The molecule has 10 heteroatoms. The first-order valence-electron chi connectivity index (χ1n) is 11.8. The van der Waals surface area contributed by atoms with Gasteiger partial charge in [0.15, 0.2) is 0 Å². The Morgan fingerprint density at radius 1 is 1.19 bits per heavy atom. The number of ether oxygens (including phenoxy) is 2. The minimum Gasteiger partial charge on any atom is -0.383 e. The molecule has 0 aliphatic carbocycles. The maximum atomic E-state index is 13.4. The number of carbonyl (C=O) groups excluding carboxylic acids is 1. The smallest absolute Gasteiger partial charge is 0.254 e. The van der Waals surface area contributed by atoms with E-state index in [9.17, 15) is 17.6 Å². The summed E-state index contributed by atoms with van der Waals surface area (Å²) in [6, 6.07) is 14.3. The van der Waals surface area contributed by atoms with Crippen molar-refractivity contribution in [3.63, 3.8) is 0 Å². The van der Waals surface area contributed by atoms with Crippen molar-refractivity contribution in [2.24, 2.45) is 0 Å². The van der Waals surface area contributed by atoms with Crippen LogP contribution in [0.2, 0.25) is 0 Å². The fourth-order valence-corrected chi connectivity index (χ4v) is 5.79. The molecule has 0 radical (unpaired) electrons. The molecule has 8 nitrogen and oxygen atoms in total. The van der Waals surface area contributed by atoms with E-state index < -0.39 is 15.7 Å². The summed E-state index contributed by atoms with van der Waals surface area (Å²) in [4.78, 5) is 19.3. The molecule has 1 atom stereocenters. The second-order valence-corrected chi connectivity index (χ2v) is 10.6. The van der Waals surface area contributed by atoms with Crippen molar-refractivity contribution >= 4 is 15.7 Å². The summed E-state index contributed by atoms with van der Waals surface area (Å²) >= 11 is 0. The molecule has 1 saturated heterocycles. The number of hydrogen-bond acceptors (Lipinski definition) is 6. The second kappa shape index (κ2) is 11.8. The fraction of sp³-hybridized carbons (Fsp3) is 0.385. The van der Waals surface area contributed by atoms with Gasteiger partial charge in [0, 0.05) is 32.4 Å². The lowest BCUT2D eigenvalue weighted by molar-refractivity contribution is 0.0500. The summed E-state index contributed by atoms with van der Waals surface area (Å²) in [5, 5.41) is -0.0651. The lowest BCUT2D eigenvalue weighted by atomic mass is 10.1. The minimum absolute atomic E-state index is 0.0651. The molecule has 4 rings (SSSR count). The highest BCUT2D eigenvalue weighted by Crippen LogP contribution is 2.21. The second-order valence-electron chi connectivity index (χ2n) is 8.75. The maximum absolute atomic E-state index is 13.4. The van der Waals surface area contributed by atoms with Crippen molar-refractivity contribution in [2.75, 3.05) is 26.9 Å². The third-order valence-corrected chi connectivity index (χ3v) is 7.67. The van der Waals surface area contributed by atoms with Crippen LogP contribution in [-0.4, -0.2) is 61.7 Å². The maximum Gasteiger partial charge on any atom is 0.254 e. The number of amides is 1. The van der Waals surface area contributed by atoms with E-state index >= 15 is 0 Å². The van der Waals surface area contributed by atoms with Gasteiger partial charge in [-0.15, -0.1) is 0 Å². The number of sulfone groups is 1. The molecular weight excluding hydrogens is 485 g/mol. The van der Waals surface area contributed by atoms with Gasteiger partial charge in [0.1, 0.15) is 5.82 Å². The standard InChI is InChI=1S/C26H30FN3O5S/c1-34-15-13-30-23(16-28-26(30)36(32,33)19-20-6-3-2-4-7-20)17-29(18-24-8-5-14-35-24)25(31)21-9-11-22(27)12-10-21/h2-4,6-7,9-12,16,24H,5,8,13-15,17-19H2,1H3/t24-/m1/s1. The van der Waals surface area contributed by atoms with E-state index in [0.717, 1.165) is 12.8 Å². The Bertz CT molecular complexity index is 1260. The van der Waals surface area contributed by atoms with Gasteiger partial charge in [-0.1, -0.05) is 30.3 Å². The number of halogens is 1. The predicted octanol–water partition coefficient (Wildman–Crippen LogP) is 3.46. The molecular formula is C26H30FN3O5S. The number of carbonyl (C=O) groups is 1. The van der Waals surface area contributed by atoms with E-state index in [4.69, 9.17) is 9.47 Å². The first-order chi connectivity index (χ1) is 17.4. The van der Waals surface area contributed by atoms with Gasteiger partial charge in [0.05, 0.1) is 36.9 Å². The molecule has 2 heterocycles. The average molecular weight is 516 g/mol. The van der Waals surface area contributed by atoms with E-state index in [2.05, 4.69) is 4.98 Å². The number of benzene rings is 2. The van der Waals surface area contributed by atoms with Crippen LogP contribution in [0.3, 0.4) is 0 Å². The Kier molecular flexibility index (Phi) is 8.50. The molecule has 1 aliphatic rings. The molecule has 0 spiro atoms. The van der Waals surface area contributed by atoms with Crippen LogP contribution in [0.4, 0.5) is 4.39 Å². The van der Waals surface area contributed by atoms with Gasteiger partial charge in [0.2, 0.25) is 15.0 Å². The van der Waals surface area contributed by atoms with Gasteiger partial charge in [-0.3, -0.25) is 4.79 Å². The van der Waals surface area contributed by atoms with E-state index in [1.54, 1.807) is 33.7 Å². The van der Waals surface area contributed by atoms with Crippen LogP contribution in [-0.2, 0) is 38.2 Å². The van der Waals surface area contributed by atoms with Gasteiger partial charge in [-0.25, -0.2) is 17.8 Å². The summed E-state index contributed by atoms with van der Waals surface area (Å²) in [5.74, 6) is -0.910. The van der Waals surface area contributed by atoms with Crippen LogP contribution in [0, 0.1) is 5.82 Å². The number of nitrogens with zero attached hydrogens (tertiary/aromatic N) is 3. The van der Waals surface area contributed by atoms with E-state index in [1.165, 1.54) is 37.6 Å². The summed E-state index contributed by atoms with van der Waals surface area (Å²) in [5.41, 5.74) is 1.56. The summed E-state index contributed by atoms with van der Waals surface area (Å²) < 4.78 is 52.6. The van der Waals surface area contributed by atoms with Crippen molar-refractivity contribution in [1.29, 1.82) is 0 Å². The molecule has 3 aromatic rings. The SMILES string of the molecule is COCCn1c(CN(C[C@H]2CCCO2)C(=O)c2ccc(F)cc2)cnc1S(=O)(=O)Cc1ccccc1. The normalized spacial score (nSPS) is 15.8. The highest BCUT2D eigenvalue weighted by Gasteiger charge is 2.28. The lowest BCUT2D eigenvalue weighted by Crippen LogP contribution is -2.37. The number of hydrogen-bond donors (Lipinski definition) is 0. The molecule has 192 valence electrons. The Morgan fingerprint density at radius 3 is 2.61 bits per heavy atom. The van der Waals surface area contributed by atoms with Crippen molar-refractivity contribution in [1.82, 2.24) is 14.5 Å². The quantitative estimate of drug-likeness (QED) is 0.389. The molecule has 36 heavy (non-hydrogen) atoms. The Balaban J connectivity index is 1.64. The summed E-state index contributed by atoms with van der Waals surface area (Å²) in [7, 11) is -2.22. The molecule has 1 amide bonds. The topological polar surface area (TPSA) is 90.7 Å². The van der Waals surface area contributed by atoms with Gasteiger partial charge in [0.25, 0.3) is 5.91 Å². The van der Waals surface area contributed by atoms with E-state index in [1.807, 2.05) is 6.07 Å². The summed E-state index contributed by atoms with van der Waals surface area (Å²) in [6.45, 7) is 1.62. The van der Waals surface area contributed by atoms with Crippen LogP contribution in [0.5, 0.6) is 0 Å². The van der Waals surface area contributed by atoms with E-state index in [-0.39, 0.29) is 42.6 Å². The third-order valence-electron chi connectivity index (χ3n) is 6.08. The monoisotopic (exact) mass is 515 g/mol. The third kappa shape index (κ3) is 6.37. The van der Waals surface area contributed by atoms with Crippen molar-refractivity contribution in [3.8, 4) is 0 Å². The van der Waals surface area contributed by atoms with Crippen molar-refractivity contribution in [3.05, 3.63) is 83.4 Å². The van der Waals surface area contributed by atoms with Crippen LogP contribution in [0.1, 0.15) is 34.5 Å². The Labute approximate surface area is 210 Å². The minimum atomic E-state index is -3.76. The van der Waals surface area contributed by atoms with Crippen LogP contribution in [0.25, 0.3) is 0 Å². The first kappa shape index (κ1) is 26.0. The predicted molar refractivity (Wildman–Crippen MR) is 132 cm³/mol. The number of methoxy groups -OCH3 is 1. The molecule has 2 aromatic carbocycles. The molecule has 1 aromatic heterocycles. The van der Waals surface area contributed by atoms with Gasteiger partial charge >= 0.3 is 0 Å². The first-order valence-corrected chi connectivity index (χ1v) is 13.5.